The molecule has 0 radical (unpaired) electrons. The first-order valence-electron chi connectivity index (χ1n) is 16.3. The van der Waals surface area contributed by atoms with Crippen LogP contribution in [0.3, 0.4) is 0 Å². The van der Waals surface area contributed by atoms with E-state index in [9.17, 15) is 29.4 Å². The summed E-state index contributed by atoms with van der Waals surface area (Å²) in [4.78, 5) is 52.7. The smallest absolute Gasteiger partial charge is 0.252 e. The summed E-state index contributed by atoms with van der Waals surface area (Å²) in [5.74, 6) is -3.29. The summed E-state index contributed by atoms with van der Waals surface area (Å²) in [6.07, 6.45) is -7.46. The molecule has 0 bridgehead atoms. The number of aliphatic hydroxyl groups is 2. The van der Waals surface area contributed by atoms with Gasteiger partial charge in [-0.25, -0.2) is 0 Å². The van der Waals surface area contributed by atoms with Crippen LogP contribution in [-0.4, -0.2) is 84.4 Å². The lowest BCUT2D eigenvalue weighted by atomic mass is 9.97. The first-order chi connectivity index (χ1) is 22.5. The fourth-order valence-electron chi connectivity index (χ4n) is 5.14. The van der Waals surface area contributed by atoms with E-state index in [1.807, 2.05) is 64.1 Å². The Morgan fingerprint density at radius 1 is 0.604 bits per heavy atom. The van der Waals surface area contributed by atoms with Crippen LogP contribution in [0, 0.1) is 39.5 Å². The van der Waals surface area contributed by atoms with Crippen molar-refractivity contribution in [1.29, 1.82) is 0 Å². The highest BCUT2D eigenvalue weighted by Crippen LogP contribution is 2.20. The maximum Gasteiger partial charge on any atom is 0.252 e. The van der Waals surface area contributed by atoms with Gasteiger partial charge in [-0.2, -0.15) is 0 Å². The Morgan fingerprint density at radius 3 is 1.23 bits per heavy atom. The summed E-state index contributed by atoms with van der Waals surface area (Å²) in [5.41, 5.74) is 5.14. The molecule has 4 amide bonds. The van der Waals surface area contributed by atoms with Gasteiger partial charge in [-0.1, -0.05) is 75.2 Å². The third kappa shape index (κ3) is 11.1. The number of benzene rings is 2. The van der Waals surface area contributed by atoms with Crippen molar-refractivity contribution in [3.63, 3.8) is 0 Å². The first kappa shape index (κ1) is 40.3. The maximum atomic E-state index is 13.8. The molecule has 2 aromatic rings. The van der Waals surface area contributed by atoms with Crippen LogP contribution in [0.2, 0.25) is 0 Å². The standard InChI is InChI=1S/C36H54N4O8/c1-19(2)27(33(43)37-9)39-35(45)31(47-17-25-15-21(5)11-13-23(25)7)29(41)30(42)32(36(46)40-28(20(3)4)34(44)38-10)48-18-26-16-22(6)12-14-24(26)8/h11-16,19-20,27-32,41-42H,17-18H2,1-10H3,(H,37,43)(H,38,44)(H,39,45)(H,40,46)/t27-,28-,29+,30+,31+,32+/m0/s1. The van der Waals surface area contributed by atoms with E-state index in [0.717, 1.165) is 33.4 Å². The summed E-state index contributed by atoms with van der Waals surface area (Å²) in [7, 11) is 2.88. The highest BCUT2D eigenvalue weighted by atomic mass is 16.5. The molecule has 0 fully saturated rings. The lowest BCUT2D eigenvalue weighted by molar-refractivity contribution is -0.171. The average molecular weight is 671 g/mol. The number of carbonyl (C=O) groups is 4. The van der Waals surface area contributed by atoms with Crippen LogP contribution in [-0.2, 0) is 41.9 Å². The summed E-state index contributed by atoms with van der Waals surface area (Å²) >= 11 is 0. The van der Waals surface area contributed by atoms with Gasteiger partial charge in [0.1, 0.15) is 24.3 Å². The van der Waals surface area contributed by atoms with E-state index in [4.69, 9.17) is 9.47 Å². The zero-order valence-corrected chi connectivity index (χ0v) is 29.8. The second-order valence-corrected chi connectivity index (χ2v) is 13.0. The molecular weight excluding hydrogens is 616 g/mol. The Labute approximate surface area is 284 Å². The van der Waals surface area contributed by atoms with E-state index in [-0.39, 0.29) is 25.0 Å². The molecule has 12 nitrogen and oxygen atoms in total. The summed E-state index contributed by atoms with van der Waals surface area (Å²) in [6.45, 7) is 14.3. The van der Waals surface area contributed by atoms with Crippen molar-refractivity contribution in [3.8, 4) is 0 Å². The Hall–Kier alpha value is -3.84. The lowest BCUT2D eigenvalue weighted by Gasteiger charge is -2.33. The highest BCUT2D eigenvalue weighted by Gasteiger charge is 2.43. The molecule has 0 unspecified atom stereocenters. The van der Waals surface area contributed by atoms with Crippen molar-refractivity contribution >= 4 is 23.6 Å². The largest absolute Gasteiger partial charge is 0.387 e. The topological polar surface area (TPSA) is 175 Å². The number of aryl methyl sites for hydroxylation is 4. The molecule has 0 spiro atoms. The number of nitrogens with one attached hydrogen (secondary N) is 4. The monoisotopic (exact) mass is 670 g/mol. The molecule has 48 heavy (non-hydrogen) atoms. The average Bonchev–Trinajstić information content (AvgIpc) is 3.04. The minimum absolute atomic E-state index is 0.117. The molecule has 0 aliphatic heterocycles. The second-order valence-electron chi connectivity index (χ2n) is 13.0. The Kier molecular flexibility index (Phi) is 15.7. The van der Waals surface area contributed by atoms with Crippen molar-refractivity contribution in [1.82, 2.24) is 21.3 Å². The molecule has 0 saturated carbocycles. The van der Waals surface area contributed by atoms with E-state index in [1.54, 1.807) is 27.7 Å². The van der Waals surface area contributed by atoms with Crippen LogP contribution < -0.4 is 21.3 Å². The third-order valence-corrected chi connectivity index (χ3v) is 8.32. The molecule has 0 heterocycles. The van der Waals surface area contributed by atoms with Crippen molar-refractivity contribution in [2.75, 3.05) is 14.1 Å². The van der Waals surface area contributed by atoms with Gasteiger partial charge in [0.05, 0.1) is 13.2 Å². The van der Waals surface area contributed by atoms with Crippen LogP contribution >= 0.6 is 0 Å². The normalized spacial score (nSPS) is 15.2. The van der Waals surface area contributed by atoms with E-state index >= 15 is 0 Å². The molecule has 2 rings (SSSR count). The van der Waals surface area contributed by atoms with Crippen LogP contribution in [0.5, 0.6) is 0 Å². The predicted molar refractivity (Wildman–Crippen MR) is 183 cm³/mol. The Balaban J connectivity index is 2.53. The SMILES string of the molecule is CNC(=O)[C@@H](NC(=O)[C@H](OCc1cc(C)ccc1C)[C@H](O)[C@@H](O)[C@@H](OCc1cc(C)ccc1C)C(=O)N[C@H](C(=O)NC)C(C)C)C(C)C. The fraction of sp³-hybridized carbons (Fsp3) is 0.556. The number of amides is 4. The first-order valence-corrected chi connectivity index (χ1v) is 16.3. The Bertz CT molecular complexity index is 1310. The fourth-order valence-corrected chi connectivity index (χ4v) is 5.14. The van der Waals surface area contributed by atoms with Crippen LogP contribution in [0.15, 0.2) is 36.4 Å². The minimum atomic E-state index is -2.00. The molecule has 2 aromatic carbocycles. The number of hydrogen-bond donors (Lipinski definition) is 6. The van der Waals surface area contributed by atoms with Crippen LogP contribution in [0.1, 0.15) is 61.1 Å². The van der Waals surface area contributed by atoms with Crippen LogP contribution in [0.25, 0.3) is 0 Å². The van der Waals surface area contributed by atoms with Gasteiger partial charge >= 0.3 is 0 Å². The van der Waals surface area contributed by atoms with Gasteiger partial charge in [-0.05, 0) is 61.8 Å². The molecule has 12 heteroatoms. The van der Waals surface area contributed by atoms with Gasteiger partial charge in [0.2, 0.25) is 11.8 Å². The zero-order valence-electron chi connectivity index (χ0n) is 29.8. The van der Waals surface area contributed by atoms with Gasteiger partial charge in [-0.3, -0.25) is 19.2 Å². The quantitative estimate of drug-likeness (QED) is 0.148. The molecular formula is C36H54N4O8. The van der Waals surface area contributed by atoms with Gasteiger partial charge in [0.15, 0.2) is 12.2 Å². The highest BCUT2D eigenvalue weighted by molar-refractivity contribution is 5.91. The zero-order chi connectivity index (χ0) is 36.3. The molecule has 0 aliphatic carbocycles. The number of hydrogen-bond acceptors (Lipinski definition) is 8. The summed E-state index contributed by atoms with van der Waals surface area (Å²) in [6, 6.07) is 9.46. The molecule has 6 atom stereocenters. The van der Waals surface area contributed by atoms with Crippen molar-refractivity contribution in [2.45, 2.75) is 105 Å². The predicted octanol–water partition coefficient (Wildman–Crippen LogP) is 1.89. The van der Waals surface area contributed by atoms with Gasteiger partial charge in [0, 0.05) is 14.1 Å². The van der Waals surface area contributed by atoms with E-state index in [0.29, 0.717) is 0 Å². The summed E-state index contributed by atoms with van der Waals surface area (Å²) in [5, 5.41) is 33.6. The van der Waals surface area contributed by atoms with E-state index in [1.165, 1.54) is 14.1 Å². The number of carbonyl (C=O) groups excluding carboxylic acids is 4. The second kappa shape index (κ2) is 18.6. The van der Waals surface area contributed by atoms with Gasteiger partial charge in [-0.15, -0.1) is 0 Å². The molecule has 0 aliphatic rings. The van der Waals surface area contributed by atoms with Gasteiger partial charge in [0.25, 0.3) is 11.8 Å². The van der Waals surface area contributed by atoms with Gasteiger partial charge < -0.3 is 41.0 Å². The lowest BCUT2D eigenvalue weighted by Crippen LogP contribution is -2.60. The minimum Gasteiger partial charge on any atom is -0.387 e. The van der Waals surface area contributed by atoms with Crippen LogP contribution in [0.4, 0.5) is 0 Å². The number of aliphatic hydroxyl groups excluding tert-OH is 2. The van der Waals surface area contributed by atoms with Crippen molar-refractivity contribution in [3.05, 3.63) is 69.8 Å². The molecule has 266 valence electrons. The molecule has 0 saturated heterocycles. The maximum absolute atomic E-state index is 13.8. The molecule has 6 N–H and O–H groups in total. The Morgan fingerprint density at radius 2 is 0.938 bits per heavy atom. The van der Waals surface area contributed by atoms with E-state index < -0.39 is 60.1 Å². The number of rotatable bonds is 17. The summed E-state index contributed by atoms with van der Waals surface area (Å²) < 4.78 is 12.0. The van der Waals surface area contributed by atoms with Crippen molar-refractivity contribution in [2.24, 2.45) is 11.8 Å². The van der Waals surface area contributed by atoms with E-state index in [2.05, 4.69) is 21.3 Å². The third-order valence-electron chi connectivity index (χ3n) is 8.32. The number of ether oxygens (including phenoxy) is 2. The number of likely N-dealkylation sites (N-methyl/N-ethyl adjacent to an activating group) is 2. The van der Waals surface area contributed by atoms with Crippen molar-refractivity contribution < 1.29 is 38.9 Å². The molecule has 0 aromatic heterocycles.